The van der Waals surface area contributed by atoms with Crippen molar-refractivity contribution in [1.29, 1.82) is 0 Å². The Balaban J connectivity index is 1.28. The van der Waals surface area contributed by atoms with Crippen molar-refractivity contribution in [3.8, 4) is 17.2 Å². The lowest BCUT2D eigenvalue weighted by Gasteiger charge is -2.34. The van der Waals surface area contributed by atoms with E-state index in [9.17, 15) is 4.79 Å². The minimum absolute atomic E-state index is 0.0224. The molecule has 0 radical (unpaired) electrons. The van der Waals surface area contributed by atoms with Gasteiger partial charge >= 0.3 is 0 Å². The molecule has 0 N–H and O–H groups in total. The molecule has 1 aliphatic heterocycles. The minimum Gasteiger partial charge on any atom is -0.497 e. The average molecular weight is 468 g/mol. The number of piperazine rings is 1. The summed E-state index contributed by atoms with van der Waals surface area (Å²) in [6, 6.07) is 13.6. The zero-order valence-corrected chi connectivity index (χ0v) is 19.8. The van der Waals surface area contributed by atoms with Gasteiger partial charge in [0.25, 0.3) is 5.91 Å². The van der Waals surface area contributed by atoms with Crippen LogP contribution in [-0.2, 0) is 13.0 Å². The van der Waals surface area contributed by atoms with Crippen molar-refractivity contribution in [3.63, 3.8) is 0 Å². The molecule has 1 saturated heterocycles. The smallest absolute Gasteiger partial charge is 0.254 e. The molecule has 4 rings (SSSR count). The number of carbonyl (C=O) groups excluding carboxylic acids is 1. The fourth-order valence-corrected chi connectivity index (χ4v) is 4.36. The van der Waals surface area contributed by atoms with Gasteiger partial charge in [-0.1, -0.05) is 12.1 Å². The molecule has 33 heavy (non-hydrogen) atoms. The Kier molecular flexibility index (Phi) is 7.80. The Morgan fingerprint density at radius 2 is 1.79 bits per heavy atom. The Bertz CT molecular complexity index is 1030. The molecule has 0 aliphatic carbocycles. The number of carbonyl (C=O) groups is 1. The van der Waals surface area contributed by atoms with Gasteiger partial charge in [0, 0.05) is 43.7 Å². The van der Waals surface area contributed by atoms with Crippen molar-refractivity contribution in [2.24, 2.45) is 0 Å². The normalized spacial score (nSPS) is 14.2. The number of methoxy groups -OCH3 is 2. The number of nitrogens with zero attached hydrogens (tertiary/aromatic N) is 3. The topological polar surface area (TPSA) is 64.1 Å². The minimum atomic E-state index is 0.0224. The van der Waals surface area contributed by atoms with Crippen LogP contribution in [0.1, 0.15) is 21.6 Å². The lowest BCUT2D eigenvalue weighted by Crippen LogP contribution is -2.49. The highest BCUT2D eigenvalue weighted by Gasteiger charge is 2.23. The van der Waals surface area contributed by atoms with E-state index in [0.717, 1.165) is 37.5 Å². The summed E-state index contributed by atoms with van der Waals surface area (Å²) in [5, 5.41) is 1.95. The molecule has 2 aromatic carbocycles. The van der Waals surface area contributed by atoms with Gasteiger partial charge in [0.05, 0.1) is 25.4 Å². The molecule has 0 atom stereocenters. The van der Waals surface area contributed by atoms with E-state index in [1.807, 2.05) is 22.4 Å². The molecular formula is C25H29N3O4S. The summed E-state index contributed by atoms with van der Waals surface area (Å²) in [5.41, 5.74) is 4.54. The van der Waals surface area contributed by atoms with Crippen molar-refractivity contribution in [2.45, 2.75) is 13.0 Å². The van der Waals surface area contributed by atoms with Gasteiger partial charge in [0.2, 0.25) is 0 Å². The largest absolute Gasteiger partial charge is 0.497 e. The van der Waals surface area contributed by atoms with Gasteiger partial charge in [-0.25, -0.2) is 4.98 Å². The molecule has 0 bridgehead atoms. The predicted molar refractivity (Wildman–Crippen MR) is 128 cm³/mol. The molecule has 2 heterocycles. The highest BCUT2D eigenvalue weighted by molar-refractivity contribution is 7.07. The van der Waals surface area contributed by atoms with Gasteiger partial charge in [0.15, 0.2) is 11.5 Å². The molecule has 0 unspecified atom stereocenters. The fraction of sp³-hybridized carbons (Fsp3) is 0.360. The summed E-state index contributed by atoms with van der Waals surface area (Å²) in [5.74, 6) is 2.05. The number of ether oxygens (including phenoxy) is 3. The number of hydrogen-bond acceptors (Lipinski definition) is 7. The van der Waals surface area contributed by atoms with E-state index in [-0.39, 0.29) is 5.91 Å². The van der Waals surface area contributed by atoms with Crippen molar-refractivity contribution in [1.82, 2.24) is 14.8 Å². The van der Waals surface area contributed by atoms with Gasteiger partial charge in [-0.15, -0.1) is 11.3 Å². The quantitative estimate of drug-likeness (QED) is 0.478. The van der Waals surface area contributed by atoms with Crippen molar-refractivity contribution < 1.29 is 19.0 Å². The highest BCUT2D eigenvalue weighted by Crippen LogP contribution is 2.29. The van der Waals surface area contributed by atoms with Crippen LogP contribution in [0, 0.1) is 0 Å². The Labute approximate surface area is 198 Å². The molecule has 1 fully saturated rings. The summed E-state index contributed by atoms with van der Waals surface area (Å²) in [6.45, 7) is 4.51. The third kappa shape index (κ3) is 6.03. The number of aromatic nitrogens is 1. The van der Waals surface area contributed by atoms with E-state index in [1.165, 1.54) is 16.9 Å². The second-order valence-electron chi connectivity index (χ2n) is 7.87. The van der Waals surface area contributed by atoms with Gasteiger partial charge < -0.3 is 19.1 Å². The van der Waals surface area contributed by atoms with E-state index in [1.54, 1.807) is 37.9 Å². The standard InChI is InChI=1S/C25H29N3O4S/c1-30-22-6-3-19(4-7-22)9-10-27-11-13-28(14-12-27)25(29)20-5-8-23(24(15-20)31-2)32-16-21-17-33-18-26-21/h3-8,15,17-18H,9-14,16H2,1-2H3. The van der Waals surface area contributed by atoms with Crippen LogP contribution in [0.25, 0.3) is 0 Å². The zero-order valence-electron chi connectivity index (χ0n) is 19.0. The second-order valence-corrected chi connectivity index (χ2v) is 8.58. The Morgan fingerprint density at radius 3 is 2.45 bits per heavy atom. The summed E-state index contributed by atoms with van der Waals surface area (Å²) in [7, 11) is 3.26. The monoisotopic (exact) mass is 467 g/mol. The SMILES string of the molecule is COc1ccc(CCN2CCN(C(=O)c3ccc(OCc4cscn4)c(OC)c3)CC2)cc1. The molecule has 1 aliphatic rings. The third-order valence-electron chi connectivity index (χ3n) is 5.80. The first-order chi connectivity index (χ1) is 16.2. The zero-order chi connectivity index (χ0) is 23.0. The summed E-state index contributed by atoms with van der Waals surface area (Å²) in [4.78, 5) is 21.6. The Morgan fingerprint density at radius 1 is 1.00 bits per heavy atom. The third-order valence-corrected chi connectivity index (χ3v) is 6.44. The molecule has 0 spiro atoms. The average Bonchev–Trinajstić information content (AvgIpc) is 3.40. The van der Waals surface area contributed by atoms with Crippen LogP contribution in [-0.4, -0.2) is 67.6 Å². The van der Waals surface area contributed by atoms with Crippen LogP contribution in [0.4, 0.5) is 0 Å². The maximum absolute atomic E-state index is 13.1. The molecular weight excluding hydrogens is 438 g/mol. The van der Waals surface area contributed by atoms with Crippen molar-refractivity contribution >= 4 is 17.2 Å². The van der Waals surface area contributed by atoms with E-state index in [4.69, 9.17) is 14.2 Å². The molecule has 3 aromatic rings. The van der Waals surface area contributed by atoms with E-state index < -0.39 is 0 Å². The van der Waals surface area contributed by atoms with Crippen LogP contribution in [0.5, 0.6) is 17.2 Å². The van der Waals surface area contributed by atoms with Crippen LogP contribution in [0.3, 0.4) is 0 Å². The summed E-state index contributed by atoms with van der Waals surface area (Å²) >= 11 is 1.53. The first-order valence-electron chi connectivity index (χ1n) is 11.0. The fourth-order valence-electron chi connectivity index (χ4n) is 3.82. The van der Waals surface area contributed by atoms with Gasteiger partial charge in [-0.05, 0) is 42.3 Å². The molecule has 174 valence electrons. The van der Waals surface area contributed by atoms with Gasteiger partial charge in [-0.2, -0.15) is 0 Å². The lowest BCUT2D eigenvalue weighted by molar-refractivity contribution is 0.0638. The second kappa shape index (κ2) is 11.2. The van der Waals surface area contributed by atoms with Crippen LogP contribution < -0.4 is 14.2 Å². The number of rotatable bonds is 9. The first kappa shape index (κ1) is 23.1. The van der Waals surface area contributed by atoms with E-state index >= 15 is 0 Å². The van der Waals surface area contributed by atoms with E-state index in [0.29, 0.717) is 36.8 Å². The maximum Gasteiger partial charge on any atom is 0.254 e. The molecule has 1 aromatic heterocycles. The number of amides is 1. The number of hydrogen-bond donors (Lipinski definition) is 0. The van der Waals surface area contributed by atoms with Crippen LogP contribution in [0.2, 0.25) is 0 Å². The maximum atomic E-state index is 13.1. The van der Waals surface area contributed by atoms with Crippen LogP contribution in [0.15, 0.2) is 53.4 Å². The van der Waals surface area contributed by atoms with Gasteiger partial charge in [0.1, 0.15) is 12.4 Å². The Hall–Kier alpha value is -3.10. The lowest BCUT2D eigenvalue weighted by atomic mass is 10.1. The molecule has 8 heteroatoms. The molecule has 1 amide bonds. The van der Waals surface area contributed by atoms with Gasteiger partial charge in [-0.3, -0.25) is 9.69 Å². The number of thiazole rings is 1. The van der Waals surface area contributed by atoms with Crippen molar-refractivity contribution in [3.05, 3.63) is 70.2 Å². The molecule has 7 nitrogen and oxygen atoms in total. The summed E-state index contributed by atoms with van der Waals surface area (Å²) < 4.78 is 16.5. The highest BCUT2D eigenvalue weighted by atomic mass is 32.1. The first-order valence-corrected chi connectivity index (χ1v) is 11.9. The predicted octanol–water partition coefficient (Wildman–Crippen LogP) is 3.74. The number of benzene rings is 2. The van der Waals surface area contributed by atoms with Crippen molar-refractivity contribution in [2.75, 3.05) is 46.9 Å². The summed E-state index contributed by atoms with van der Waals surface area (Å²) in [6.07, 6.45) is 0.984. The van der Waals surface area contributed by atoms with Crippen LogP contribution >= 0.6 is 11.3 Å². The molecule has 0 saturated carbocycles. The van der Waals surface area contributed by atoms with E-state index in [2.05, 4.69) is 22.0 Å².